The molecule has 1 aromatic carbocycles. The van der Waals surface area contributed by atoms with Crippen LogP contribution in [-0.2, 0) is 19.1 Å². The maximum Gasteiger partial charge on any atom is 0.331 e. The maximum absolute atomic E-state index is 12.4. The summed E-state index contributed by atoms with van der Waals surface area (Å²) in [4.78, 5) is 26.0. The number of benzene rings is 1. The second kappa shape index (κ2) is 8.70. The molecule has 3 unspecified atom stereocenters. The quantitative estimate of drug-likeness (QED) is 0.587. The number of esters is 1. The first-order valence-electron chi connectivity index (χ1n) is 8.04. The third kappa shape index (κ3) is 5.73. The Balaban J connectivity index is 1.91. The monoisotopic (exact) mass is 385 g/mol. The number of hydrogen-bond donors (Lipinski definition) is 0. The van der Waals surface area contributed by atoms with E-state index in [1.807, 2.05) is 13.8 Å². The molecule has 1 fully saturated rings. The predicted octanol–water partition coefficient (Wildman–Crippen LogP) is 3.57. The average Bonchev–Trinajstić information content (AvgIpc) is 2.54. The van der Waals surface area contributed by atoms with Gasteiger partial charge >= 0.3 is 5.97 Å². The van der Waals surface area contributed by atoms with Gasteiger partial charge in [0.15, 0.2) is 6.10 Å². The van der Waals surface area contributed by atoms with E-state index in [9.17, 15) is 9.59 Å². The first-order valence-corrected chi connectivity index (χ1v) is 8.80. The number of nitrogens with zero attached hydrogens (tertiary/aromatic N) is 1. The highest BCUT2D eigenvalue weighted by molar-refractivity contribution is 6.42. The molecule has 25 heavy (non-hydrogen) atoms. The second-order valence-corrected chi connectivity index (χ2v) is 6.90. The molecule has 136 valence electrons. The molecule has 0 aliphatic carbocycles. The smallest absolute Gasteiger partial charge is 0.331 e. The van der Waals surface area contributed by atoms with Crippen LogP contribution in [0.5, 0.6) is 0 Å². The van der Waals surface area contributed by atoms with E-state index >= 15 is 0 Å². The van der Waals surface area contributed by atoms with Crippen molar-refractivity contribution >= 4 is 41.2 Å². The lowest BCUT2D eigenvalue weighted by atomic mass is 10.2. The van der Waals surface area contributed by atoms with Crippen molar-refractivity contribution < 1.29 is 19.1 Å². The van der Waals surface area contributed by atoms with Crippen molar-refractivity contribution in [3.63, 3.8) is 0 Å². The highest BCUT2D eigenvalue weighted by Crippen LogP contribution is 2.23. The topological polar surface area (TPSA) is 55.8 Å². The van der Waals surface area contributed by atoms with Crippen LogP contribution in [0.15, 0.2) is 24.3 Å². The number of hydrogen-bond acceptors (Lipinski definition) is 4. The van der Waals surface area contributed by atoms with E-state index in [4.69, 9.17) is 32.7 Å². The van der Waals surface area contributed by atoms with Crippen molar-refractivity contribution in [2.75, 3.05) is 13.1 Å². The maximum atomic E-state index is 12.4. The van der Waals surface area contributed by atoms with Crippen molar-refractivity contribution in [1.82, 2.24) is 4.90 Å². The van der Waals surface area contributed by atoms with E-state index in [-0.39, 0.29) is 18.1 Å². The molecule has 2 rings (SSSR count). The van der Waals surface area contributed by atoms with Crippen molar-refractivity contribution in [1.29, 1.82) is 0 Å². The Hall–Kier alpha value is -1.56. The van der Waals surface area contributed by atoms with Gasteiger partial charge in [-0.15, -0.1) is 0 Å². The summed E-state index contributed by atoms with van der Waals surface area (Å²) in [5, 5.41) is 0.839. The van der Waals surface area contributed by atoms with Crippen molar-refractivity contribution in [2.24, 2.45) is 0 Å². The summed E-state index contributed by atoms with van der Waals surface area (Å²) in [5.74, 6) is -0.820. The van der Waals surface area contributed by atoms with Crippen molar-refractivity contribution in [3.05, 3.63) is 39.9 Å². The molecule has 1 amide bonds. The van der Waals surface area contributed by atoms with Gasteiger partial charge in [0.2, 0.25) is 0 Å². The molecular weight excluding hydrogens is 365 g/mol. The van der Waals surface area contributed by atoms with Gasteiger partial charge < -0.3 is 14.4 Å². The van der Waals surface area contributed by atoms with Crippen LogP contribution in [0.2, 0.25) is 10.0 Å². The SMILES string of the molecule is CC1CN(C(=O)C(C)OC(=O)/C=C/c2ccc(Cl)c(Cl)c2)CC(C)O1. The fourth-order valence-electron chi connectivity index (χ4n) is 2.66. The van der Waals surface area contributed by atoms with E-state index in [0.717, 1.165) is 0 Å². The number of halogens is 2. The van der Waals surface area contributed by atoms with Crippen LogP contribution in [0.1, 0.15) is 26.3 Å². The van der Waals surface area contributed by atoms with E-state index in [2.05, 4.69) is 0 Å². The minimum atomic E-state index is -0.858. The predicted molar refractivity (Wildman–Crippen MR) is 97.6 cm³/mol. The number of carbonyl (C=O) groups is 2. The van der Waals surface area contributed by atoms with E-state index in [1.165, 1.54) is 6.08 Å². The Morgan fingerprint density at radius 2 is 1.88 bits per heavy atom. The zero-order valence-corrected chi connectivity index (χ0v) is 15.9. The highest BCUT2D eigenvalue weighted by atomic mass is 35.5. The van der Waals surface area contributed by atoms with Gasteiger partial charge in [0.1, 0.15) is 0 Å². The van der Waals surface area contributed by atoms with Gasteiger partial charge in [-0.3, -0.25) is 4.79 Å². The molecule has 0 radical (unpaired) electrons. The lowest BCUT2D eigenvalue weighted by Gasteiger charge is -2.36. The van der Waals surface area contributed by atoms with Gasteiger partial charge in [0, 0.05) is 19.2 Å². The number of rotatable bonds is 4. The third-order valence-corrected chi connectivity index (χ3v) is 4.47. The number of morpholine rings is 1. The summed E-state index contributed by atoms with van der Waals surface area (Å²) >= 11 is 11.8. The Kier molecular flexibility index (Phi) is 6.87. The molecule has 0 bridgehead atoms. The molecule has 0 saturated carbocycles. The van der Waals surface area contributed by atoms with Crippen molar-refractivity contribution in [2.45, 2.75) is 39.1 Å². The van der Waals surface area contributed by atoms with E-state index in [1.54, 1.807) is 36.1 Å². The van der Waals surface area contributed by atoms with Crippen LogP contribution in [0.4, 0.5) is 0 Å². The second-order valence-electron chi connectivity index (χ2n) is 6.09. The fraction of sp³-hybridized carbons (Fsp3) is 0.444. The van der Waals surface area contributed by atoms with Gasteiger partial charge in [0.05, 0.1) is 22.3 Å². The molecule has 1 heterocycles. The number of carbonyl (C=O) groups excluding carboxylic acids is 2. The molecule has 3 atom stereocenters. The van der Waals surface area contributed by atoms with E-state index in [0.29, 0.717) is 28.7 Å². The molecule has 1 saturated heterocycles. The summed E-state index contributed by atoms with van der Waals surface area (Å²) in [6.07, 6.45) is 1.88. The van der Waals surface area contributed by atoms with Crippen LogP contribution < -0.4 is 0 Å². The summed E-state index contributed by atoms with van der Waals surface area (Å²) in [6.45, 7) is 6.37. The molecule has 1 aliphatic rings. The Morgan fingerprint density at radius 3 is 2.48 bits per heavy atom. The van der Waals surface area contributed by atoms with Crippen LogP contribution in [0, 0.1) is 0 Å². The number of amides is 1. The summed E-state index contributed by atoms with van der Waals surface area (Å²) in [6, 6.07) is 5.00. The molecule has 1 aromatic rings. The van der Waals surface area contributed by atoms with Crippen LogP contribution in [-0.4, -0.2) is 48.2 Å². The van der Waals surface area contributed by atoms with Gasteiger partial charge in [-0.25, -0.2) is 4.79 Å². The zero-order valence-electron chi connectivity index (χ0n) is 14.4. The molecule has 0 spiro atoms. The summed E-state index contributed by atoms with van der Waals surface area (Å²) in [5.41, 5.74) is 0.709. The first kappa shape index (κ1) is 19.8. The summed E-state index contributed by atoms with van der Waals surface area (Å²) in [7, 11) is 0. The highest BCUT2D eigenvalue weighted by Gasteiger charge is 2.30. The lowest BCUT2D eigenvalue weighted by molar-refractivity contribution is -0.161. The summed E-state index contributed by atoms with van der Waals surface area (Å²) < 4.78 is 10.8. The van der Waals surface area contributed by atoms with E-state index < -0.39 is 12.1 Å². The Labute approximate surface area is 157 Å². The zero-order chi connectivity index (χ0) is 18.6. The Bertz CT molecular complexity index is 667. The molecule has 5 nitrogen and oxygen atoms in total. The third-order valence-electron chi connectivity index (χ3n) is 3.73. The molecule has 0 N–H and O–H groups in total. The minimum absolute atomic E-state index is 0.0369. The largest absolute Gasteiger partial charge is 0.449 e. The van der Waals surface area contributed by atoms with Gasteiger partial charge in [-0.1, -0.05) is 29.3 Å². The first-order chi connectivity index (χ1) is 11.8. The van der Waals surface area contributed by atoms with Gasteiger partial charge in [-0.05, 0) is 44.5 Å². The average molecular weight is 386 g/mol. The number of ether oxygens (including phenoxy) is 2. The van der Waals surface area contributed by atoms with Crippen LogP contribution in [0.25, 0.3) is 6.08 Å². The van der Waals surface area contributed by atoms with Gasteiger partial charge in [-0.2, -0.15) is 0 Å². The molecular formula is C18H21Cl2NO4. The lowest BCUT2D eigenvalue weighted by Crippen LogP contribution is -2.51. The standard InChI is InChI=1S/C18H21Cl2NO4/c1-11-9-21(10-12(2)24-11)18(23)13(3)25-17(22)7-5-14-4-6-15(19)16(20)8-14/h4-8,11-13H,9-10H2,1-3H3/b7-5+. The Morgan fingerprint density at radius 1 is 1.24 bits per heavy atom. The van der Waals surface area contributed by atoms with Gasteiger partial charge in [0.25, 0.3) is 5.91 Å². The minimum Gasteiger partial charge on any atom is -0.449 e. The van der Waals surface area contributed by atoms with Crippen molar-refractivity contribution in [3.8, 4) is 0 Å². The molecule has 1 aliphatic heterocycles. The van der Waals surface area contributed by atoms with Crippen LogP contribution >= 0.6 is 23.2 Å². The fourth-order valence-corrected chi connectivity index (χ4v) is 2.97. The molecule has 0 aromatic heterocycles. The van der Waals surface area contributed by atoms with Crippen LogP contribution in [0.3, 0.4) is 0 Å². The normalized spacial score (nSPS) is 22.0. The molecule has 7 heteroatoms.